The van der Waals surface area contributed by atoms with Crippen LogP contribution in [-0.2, 0) is 16.1 Å². The molecule has 0 spiro atoms. The molecule has 1 amide bonds. The summed E-state index contributed by atoms with van der Waals surface area (Å²) in [6.45, 7) is 3.73. The molecule has 0 saturated carbocycles. The first-order chi connectivity index (χ1) is 15.8. The Morgan fingerprint density at radius 2 is 1.73 bits per heavy atom. The second-order valence-corrected chi connectivity index (χ2v) is 7.87. The molecule has 3 aromatic rings. The monoisotopic (exact) mass is 447 g/mol. The second-order valence-electron chi connectivity index (χ2n) is 7.87. The minimum atomic E-state index is -0.883. The van der Waals surface area contributed by atoms with Gasteiger partial charge in [0.05, 0.1) is 26.3 Å². The van der Waals surface area contributed by atoms with Crippen molar-refractivity contribution in [1.82, 2.24) is 4.90 Å². The largest absolute Gasteiger partial charge is 0.507 e. The Bertz CT molecular complexity index is 1260. The Morgan fingerprint density at radius 3 is 2.36 bits per heavy atom. The van der Waals surface area contributed by atoms with Crippen LogP contribution < -0.4 is 9.47 Å². The van der Waals surface area contributed by atoms with Gasteiger partial charge in [0.25, 0.3) is 11.7 Å². The summed E-state index contributed by atoms with van der Waals surface area (Å²) in [5.41, 5.74) is 1.91. The summed E-state index contributed by atoms with van der Waals surface area (Å²) in [6.07, 6.45) is 0. The zero-order valence-electron chi connectivity index (χ0n) is 18.9. The number of nitrogens with zero attached hydrogens (tertiary/aromatic N) is 1. The molecule has 1 unspecified atom stereocenters. The first-order valence-electron chi connectivity index (χ1n) is 10.5. The van der Waals surface area contributed by atoms with Crippen LogP contribution in [0.4, 0.5) is 0 Å². The number of furan rings is 1. The number of Topliss-reactive ketones (excluding diaryl/α,β-unsaturated/α-hetero) is 1. The number of ether oxygens (including phenoxy) is 2. The first-order valence-corrected chi connectivity index (χ1v) is 10.5. The van der Waals surface area contributed by atoms with Gasteiger partial charge in [0, 0.05) is 11.1 Å². The lowest BCUT2D eigenvalue weighted by Gasteiger charge is -2.24. The van der Waals surface area contributed by atoms with Gasteiger partial charge < -0.3 is 23.9 Å². The Kier molecular flexibility index (Phi) is 5.96. The number of amides is 1. The zero-order valence-corrected chi connectivity index (χ0v) is 18.9. The number of rotatable bonds is 6. The van der Waals surface area contributed by atoms with Crippen LogP contribution in [0.5, 0.6) is 11.5 Å². The third-order valence-corrected chi connectivity index (χ3v) is 5.77. The molecule has 2 aromatic carbocycles. The van der Waals surface area contributed by atoms with E-state index in [1.165, 1.54) is 4.90 Å². The number of ketones is 1. The van der Waals surface area contributed by atoms with Gasteiger partial charge in [-0.2, -0.15) is 0 Å². The van der Waals surface area contributed by atoms with Crippen LogP contribution in [0.2, 0.25) is 0 Å². The van der Waals surface area contributed by atoms with E-state index < -0.39 is 17.7 Å². The average molecular weight is 447 g/mol. The minimum Gasteiger partial charge on any atom is -0.507 e. The highest BCUT2D eigenvalue weighted by Gasteiger charge is 2.47. The maximum absolute atomic E-state index is 13.2. The van der Waals surface area contributed by atoms with Crippen molar-refractivity contribution >= 4 is 17.4 Å². The highest BCUT2D eigenvalue weighted by atomic mass is 16.5. The van der Waals surface area contributed by atoms with Crippen molar-refractivity contribution in [3.05, 3.63) is 88.4 Å². The number of benzene rings is 2. The molecule has 0 aliphatic carbocycles. The van der Waals surface area contributed by atoms with E-state index in [1.807, 2.05) is 25.1 Å². The number of likely N-dealkylation sites (tertiary alicyclic amines) is 1. The Hall–Kier alpha value is -4.00. The van der Waals surface area contributed by atoms with Crippen LogP contribution in [0.15, 0.2) is 64.6 Å². The van der Waals surface area contributed by atoms with Crippen molar-refractivity contribution in [3.8, 4) is 11.5 Å². The number of methoxy groups -OCH3 is 2. The molecule has 1 aromatic heterocycles. The molecule has 7 heteroatoms. The van der Waals surface area contributed by atoms with Crippen molar-refractivity contribution in [2.45, 2.75) is 26.4 Å². The molecule has 1 fully saturated rings. The maximum Gasteiger partial charge on any atom is 0.296 e. The molecule has 1 atom stereocenters. The third-order valence-electron chi connectivity index (χ3n) is 5.77. The van der Waals surface area contributed by atoms with Gasteiger partial charge in [-0.15, -0.1) is 0 Å². The first kappa shape index (κ1) is 22.2. The summed E-state index contributed by atoms with van der Waals surface area (Å²) in [4.78, 5) is 27.7. The maximum atomic E-state index is 13.2. The normalized spacial score (nSPS) is 17.5. The summed E-state index contributed by atoms with van der Waals surface area (Å²) in [7, 11) is 3.11. The fourth-order valence-electron chi connectivity index (χ4n) is 4.14. The van der Waals surface area contributed by atoms with Crippen molar-refractivity contribution in [3.63, 3.8) is 0 Å². The molecule has 2 heterocycles. The summed E-state index contributed by atoms with van der Waals surface area (Å²) >= 11 is 0. The molecule has 7 nitrogen and oxygen atoms in total. The summed E-state index contributed by atoms with van der Waals surface area (Å²) < 4.78 is 16.5. The second kappa shape index (κ2) is 8.86. The van der Waals surface area contributed by atoms with Gasteiger partial charge in [0.2, 0.25) is 0 Å². The fourth-order valence-corrected chi connectivity index (χ4v) is 4.14. The van der Waals surface area contributed by atoms with E-state index in [9.17, 15) is 14.7 Å². The Morgan fingerprint density at radius 1 is 1.00 bits per heavy atom. The highest BCUT2D eigenvalue weighted by molar-refractivity contribution is 6.46. The van der Waals surface area contributed by atoms with E-state index in [1.54, 1.807) is 57.5 Å². The smallest absolute Gasteiger partial charge is 0.296 e. The number of para-hydroxylation sites is 1. The lowest BCUT2D eigenvalue weighted by Crippen LogP contribution is -2.29. The van der Waals surface area contributed by atoms with Crippen LogP contribution in [0.25, 0.3) is 5.76 Å². The van der Waals surface area contributed by atoms with Crippen LogP contribution in [0, 0.1) is 13.8 Å². The van der Waals surface area contributed by atoms with Gasteiger partial charge >= 0.3 is 0 Å². The number of hydrogen-bond acceptors (Lipinski definition) is 6. The molecule has 0 bridgehead atoms. The van der Waals surface area contributed by atoms with E-state index in [0.717, 1.165) is 11.1 Å². The molecule has 0 radical (unpaired) electrons. The zero-order chi connectivity index (χ0) is 23.7. The molecule has 1 N–H and O–H groups in total. The Balaban J connectivity index is 1.85. The quantitative estimate of drug-likeness (QED) is 0.339. The highest BCUT2D eigenvalue weighted by Crippen LogP contribution is 2.41. The molecular formula is C26H25NO6. The van der Waals surface area contributed by atoms with Gasteiger partial charge in [0.1, 0.15) is 34.8 Å². The van der Waals surface area contributed by atoms with E-state index in [0.29, 0.717) is 28.6 Å². The van der Waals surface area contributed by atoms with Gasteiger partial charge in [-0.05, 0) is 55.8 Å². The molecule has 33 heavy (non-hydrogen) atoms. The van der Waals surface area contributed by atoms with Crippen LogP contribution in [0.3, 0.4) is 0 Å². The number of hydrogen-bond donors (Lipinski definition) is 1. The van der Waals surface area contributed by atoms with Gasteiger partial charge in [-0.1, -0.05) is 18.2 Å². The molecule has 1 aliphatic heterocycles. The van der Waals surface area contributed by atoms with Crippen LogP contribution in [0.1, 0.15) is 34.3 Å². The molecule has 1 aliphatic rings. The standard InChI is InChI=1S/C26H25NO6/c1-15-13-17(10-12-19(15)31-3)24(28)22-23(21-11-9-16(2)33-21)27(26(30)25(22)29)14-18-7-5-6-8-20(18)32-4/h5-13,23,28H,14H2,1-4H3/b24-22+. The lowest BCUT2D eigenvalue weighted by molar-refractivity contribution is -0.140. The minimum absolute atomic E-state index is 0.0196. The van der Waals surface area contributed by atoms with Crippen molar-refractivity contribution in [1.29, 1.82) is 0 Å². The summed E-state index contributed by atoms with van der Waals surface area (Å²) in [6, 6.07) is 15.0. The Labute approximate surface area is 191 Å². The fraction of sp³-hybridized carbons (Fsp3) is 0.231. The predicted molar refractivity (Wildman–Crippen MR) is 122 cm³/mol. The van der Waals surface area contributed by atoms with Crippen LogP contribution in [-0.4, -0.2) is 35.9 Å². The number of aliphatic hydroxyl groups is 1. The predicted octanol–water partition coefficient (Wildman–Crippen LogP) is 4.54. The number of carbonyl (C=O) groups is 2. The van der Waals surface area contributed by atoms with E-state index in [2.05, 4.69) is 0 Å². The van der Waals surface area contributed by atoms with Gasteiger partial charge in [-0.3, -0.25) is 9.59 Å². The summed E-state index contributed by atoms with van der Waals surface area (Å²) in [5, 5.41) is 11.2. The van der Waals surface area contributed by atoms with Crippen molar-refractivity contribution < 1.29 is 28.6 Å². The van der Waals surface area contributed by atoms with E-state index in [-0.39, 0.29) is 17.9 Å². The molecular weight excluding hydrogens is 422 g/mol. The van der Waals surface area contributed by atoms with E-state index >= 15 is 0 Å². The molecule has 4 rings (SSSR count). The number of aryl methyl sites for hydroxylation is 2. The number of carbonyl (C=O) groups excluding carboxylic acids is 2. The van der Waals surface area contributed by atoms with Crippen LogP contribution >= 0.6 is 0 Å². The molecule has 1 saturated heterocycles. The van der Waals surface area contributed by atoms with Crippen molar-refractivity contribution in [2.75, 3.05) is 14.2 Å². The SMILES string of the molecule is COc1ccc(/C(O)=C2\C(=O)C(=O)N(Cc3ccccc3OC)C2c2ccc(C)o2)cc1C. The lowest BCUT2D eigenvalue weighted by atomic mass is 9.98. The average Bonchev–Trinajstić information content (AvgIpc) is 3.35. The topological polar surface area (TPSA) is 89.2 Å². The molecule has 170 valence electrons. The van der Waals surface area contributed by atoms with E-state index in [4.69, 9.17) is 13.9 Å². The third kappa shape index (κ3) is 3.98. The van der Waals surface area contributed by atoms with Crippen molar-refractivity contribution in [2.24, 2.45) is 0 Å². The van der Waals surface area contributed by atoms with Gasteiger partial charge in [0.15, 0.2) is 0 Å². The summed E-state index contributed by atoms with van der Waals surface area (Å²) in [5.74, 6) is 0.532. The number of aliphatic hydroxyl groups excluding tert-OH is 1. The van der Waals surface area contributed by atoms with Gasteiger partial charge in [-0.25, -0.2) is 0 Å².